The molecule has 0 saturated carbocycles. The van der Waals surface area contributed by atoms with Crippen molar-refractivity contribution in [1.29, 1.82) is 5.26 Å². The van der Waals surface area contributed by atoms with E-state index in [2.05, 4.69) is 27.3 Å². The molecule has 1 N–H and O–H groups in total. The molecule has 1 atom stereocenters. The van der Waals surface area contributed by atoms with Gasteiger partial charge in [0.25, 0.3) is 0 Å². The molecule has 0 aromatic heterocycles. The molecule has 0 aliphatic rings. The van der Waals surface area contributed by atoms with Crippen LogP contribution in [0, 0.1) is 17.1 Å². The number of nitrogens with one attached hydrogen (secondary N) is 1. The molecular weight excluding hydrogens is 355 g/mol. The Labute approximate surface area is 136 Å². The normalized spacial score (nSPS) is 13.3. The third-order valence-electron chi connectivity index (χ3n) is 3.32. The number of rotatable bonds is 4. The van der Waals surface area contributed by atoms with Gasteiger partial charge in [0.05, 0.1) is 11.1 Å². The van der Waals surface area contributed by atoms with Gasteiger partial charge in [0.1, 0.15) is 5.82 Å². The van der Waals surface area contributed by atoms with Gasteiger partial charge in [0.15, 0.2) is 5.54 Å². The van der Waals surface area contributed by atoms with Gasteiger partial charge in [0.2, 0.25) is 0 Å². The lowest BCUT2D eigenvalue weighted by atomic mass is 9.88. The Morgan fingerprint density at radius 1 is 1.33 bits per heavy atom. The summed E-state index contributed by atoms with van der Waals surface area (Å²) in [7, 11) is 0. The van der Waals surface area contributed by atoms with Crippen molar-refractivity contribution >= 4 is 33.2 Å². The van der Waals surface area contributed by atoms with Crippen LogP contribution in [0.1, 0.15) is 18.9 Å². The van der Waals surface area contributed by atoms with Gasteiger partial charge in [-0.05, 0) is 58.2 Å². The molecule has 0 aliphatic carbocycles. The zero-order valence-corrected chi connectivity index (χ0v) is 13.7. The smallest absolute Gasteiger partial charge is 0.150 e. The first-order chi connectivity index (χ1) is 10.0. The fourth-order valence-electron chi connectivity index (χ4n) is 2.11. The average molecular weight is 368 g/mol. The van der Waals surface area contributed by atoms with Gasteiger partial charge >= 0.3 is 0 Å². The van der Waals surface area contributed by atoms with Crippen molar-refractivity contribution in [2.45, 2.75) is 18.9 Å². The SMILES string of the molecule is CCC(C#N)(Nc1ccc(Cl)c(Br)c1)c1cccc(F)c1. The molecule has 0 spiro atoms. The van der Waals surface area contributed by atoms with Gasteiger partial charge in [-0.3, -0.25) is 0 Å². The summed E-state index contributed by atoms with van der Waals surface area (Å²) >= 11 is 9.32. The summed E-state index contributed by atoms with van der Waals surface area (Å²) in [5, 5.41) is 13.4. The zero-order valence-electron chi connectivity index (χ0n) is 11.3. The van der Waals surface area contributed by atoms with Crippen molar-refractivity contribution in [3.05, 3.63) is 63.3 Å². The fraction of sp³-hybridized carbons (Fsp3) is 0.188. The Morgan fingerprint density at radius 2 is 2.10 bits per heavy atom. The van der Waals surface area contributed by atoms with Crippen LogP contribution in [0.2, 0.25) is 5.02 Å². The van der Waals surface area contributed by atoms with Crippen LogP contribution in [0.5, 0.6) is 0 Å². The highest BCUT2D eigenvalue weighted by molar-refractivity contribution is 9.10. The molecule has 2 rings (SSSR count). The predicted molar refractivity (Wildman–Crippen MR) is 86.8 cm³/mol. The summed E-state index contributed by atoms with van der Waals surface area (Å²) in [6.45, 7) is 1.88. The third-order valence-corrected chi connectivity index (χ3v) is 4.53. The van der Waals surface area contributed by atoms with Crippen LogP contribution in [0.15, 0.2) is 46.9 Å². The van der Waals surface area contributed by atoms with Crippen molar-refractivity contribution in [1.82, 2.24) is 0 Å². The quantitative estimate of drug-likeness (QED) is 0.776. The standard InChI is InChI=1S/C16H13BrClFN2/c1-2-16(10-20,11-4-3-5-12(19)8-11)21-13-6-7-15(18)14(17)9-13/h3-9,21H,2H2,1H3. The summed E-state index contributed by atoms with van der Waals surface area (Å²) in [6, 6.07) is 13.7. The monoisotopic (exact) mass is 366 g/mol. The van der Waals surface area contributed by atoms with E-state index in [9.17, 15) is 9.65 Å². The highest BCUT2D eigenvalue weighted by atomic mass is 79.9. The predicted octanol–water partition coefficient (Wildman–Crippen LogP) is 5.48. The van der Waals surface area contributed by atoms with Gasteiger partial charge in [0, 0.05) is 10.2 Å². The van der Waals surface area contributed by atoms with Crippen molar-refractivity contribution in [2.75, 3.05) is 5.32 Å². The first-order valence-electron chi connectivity index (χ1n) is 6.41. The molecule has 1 unspecified atom stereocenters. The molecule has 5 heteroatoms. The zero-order chi connectivity index (χ0) is 15.5. The van der Waals surface area contributed by atoms with E-state index in [0.717, 1.165) is 10.2 Å². The van der Waals surface area contributed by atoms with Gasteiger partial charge in [-0.25, -0.2) is 4.39 Å². The van der Waals surface area contributed by atoms with Crippen LogP contribution in [0.4, 0.5) is 10.1 Å². The number of hydrogen-bond acceptors (Lipinski definition) is 2. The van der Waals surface area contributed by atoms with Crippen molar-refractivity contribution < 1.29 is 4.39 Å². The minimum Gasteiger partial charge on any atom is -0.364 e. The first kappa shape index (κ1) is 15.8. The fourth-order valence-corrected chi connectivity index (χ4v) is 2.61. The molecule has 21 heavy (non-hydrogen) atoms. The minimum absolute atomic E-state index is 0.361. The van der Waals surface area contributed by atoms with Crippen molar-refractivity contribution in [3.63, 3.8) is 0 Å². The Morgan fingerprint density at radius 3 is 2.67 bits per heavy atom. The van der Waals surface area contributed by atoms with E-state index in [1.54, 1.807) is 30.3 Å². The number of halogens is 3. The summed E-state index contributed by atoms with van der Waals surface area (Å²) in [5.41, 5.74) is 0.340. The number of nitrogens with zero attached hydrogens (tertiary/aromatic N) is 1. The second-order valence-electron chi connectivity index (χ2n) is 4.63. The van der Waals surface area contributed by atoms with E-state index in [1.165, 1.54) is 12.1 Å². The molecule has 108 valence electrons. The third kappa shape index (κ3) is 3.37. The lowest BCUT2D eigenvalue weighted by Gasteiger charge is -2.28. The Bertz CT molecular complexity index is 699. The molecule has 0 amide bonds. The number of hydrogen-bond donors (Lipinski definition) is 1. The Hall–Kier alpha value is -1.57. The summed E-state index contributed by atoms with van der Waals surface area (Å²) in [6.07, 6.45) is 0.493. The second kappa shape index (κ2) is 6.46. The van der Waals surface area contributed by atoms with Gasteiger partial charge in [-0.2, -0.15) is 5.26 Å². The van der Waals surface area contributed by atoms with Gasteiger partial charge < -0.3 is 5.32 Å². The van der Waals surface area contributed by atoms with Crippen LogP contribution >= 0.6 is 27.5 Å². The summed E-state index contributed by atoms with van der Waals surface area (Å²) in [5.74, 6) is -0.361. The molecule has 0 aliphatic heterocycles. The van der Waals surface area contributed by atoms with E-state index in [1.807, 2.05) is 6.92 Å². The summed E-state index contributed by atoms with van der Waals surface area (Å²) < 4.78 is 14.2. The first-order valence-corrected chi connectivity index (χ1v) is 7.58. The Balaban J connectivity index is 2.43. The van der Waals surface area contributed by atoms with Crippen molar-refractivity contribution in [2.24, 2.45) is 0 Å². The lowest BCUT2D eigenvalue weighted by molar-refractivity contribution is 0.584. The lowest BCUT2D eigenvalue weighted by Crippen LogP contribution is -2.33. The number of benzene rings is 2. The minimum atomic E-state index is -0.991. The second-order valence-corrected chi connectivity index (χ2v) is 5.90. The van der Waals surface area contributed by atoms with Crippen LogP contribution < -0.4 is 5.32 Å². The molecule has 0 bridgehead atoms. The van der Waals surface area contributed by atoms with Gasteiger partial charge in [-0.1, -0.05) is 30.7 Å². The van der Waals surface area contributed by atoms with E-state index in [-0.39, 0.29) is 5.82 Å². The molecule has 0 radical (unpaired) electrons. The highest BCUT2D eigenvalue weighted by Crippen LogP contribution is 2.32. The largest absolute Gasteiger partial charge is 0.364 e. The Kier molecular flexibility index (Phi) is 4.87. The molecular formula is C16H13BrClFN2. The summed E-state index contributed by atoms with van der Waals surface area (Å²) in [4.78, 5) is 0. The van der Waals surface area contributed by atoms with E-state index in [0.29, 0.717) is 17.0 Å². The maximum atomic E-state index is 13.5. The molecule has 0 fully saturated rings. The molecule has 2 aromatic carbocycles. The highest BCUT2D eigenvalue weighted by Gasteiger charge is 2.30. The van der Waals surface area contributed by atoms with Crippen LogP contribution in [-0.4, -0.2) is 0 Å². The topological polar surface area (TPSA) is 35.8 Å². The average Bonchev–Trinajstić information content (AvgIpc) is 2.48. The van der Waals surface area contributed by atoms with Crippen molar-refractivity contribution in [3.8, 4) is 6.07 Å². The van der Waals surface area contributed by atoms with Crippen LogP contribution in [0.3, 0.4) is 0 Å². The van der Waals surface area contributed by atoms with Crippen LogP contribution in [0.25, 0.3) is 0 Å². The number of nitriles is 1. The van der Waals surface area contributed by atoms with Crippen LogP contribution in [-0.2, 0) is 5.54 Å². The van der Waals surface area contributed by atoms with Gasteiger partial charge in [-0.15, -0.1) is 0 Å². The molecule has 2 aromatic rings. The maximum absolute atomic E-state index is 13.5. The van der Waals surface area contributed by atoms with E-state index < -0.39 is 5.54 Å². The molecule has 2 nitrogen and oxygen atoms in total. The maximum Gasteiger partial charge on any atom is 0.150 e. The van der Waals surface area contributed by atoms with E-state index in [4.69, 9.17) is 11.6 Å². The molecule has 0 saturated heterocycles. The van der Waals surface area contributed by atoms with E-state index >= 15 is 0 Å². The molecule has 0 heterocycles. The number of anilines is 1.